The third-order valence-electron chi connectivity index (χ3n) is 3.05. The van der Waals surface area contributed by atoms with Gasteiger partial charge in [-0.25, -0.2) is 13.1 Å². The van der Waals surface area contributed by atoms with Gasteiger partial charge in [0, 0.05) is 6.54 Å². The average molecular weight is 319 g/mol. The van der Waals surface area contributed by atoms with Gasteiger partial charge in [0.15, 0.2) is 0 Å². The highest BCUT2D eigenvalue weighted by atomic mass is 32.2. The van der Waals surface area contributed by atoms with Gasteiger partial charge in [-0.15, -0.1) is 0 Å². The van der Waals surface area contributed by atoms with Crippen molar-refractivity contribution in [1.82, 2.24) is 4.72 Å². The van der Waals surface area contributed by atoms with Crippen LogP contribution < -0.4 is 9.46 Å². The lowest BCUT2D eigenvalue weighted by molar-refractivity contribution is 0.242. The van der Waals surface area contributed by atoms with Crippen molar-refractivity contribution in [3.05, 3.63) is 60.2 Å². The van der Waals surface area contributed by atoms with Crippen molar-refractivity contribution in [2.45, 2.75) is 31.3 Å². The molecule has 0 atom stereocenters. The molecule has 0 amide bonds. The summed E-state index contributed by atoms with van der Waals surface area (Å²) >= 11 is 0. The van der Waals surface area contributed by atoms with Crippen molar-refractivity contribution in [2.75, 3.05) is 6.54 Å². The van der Waals surface area contributed by atoms with Gasteiger partial charge < -0.3 is 4.74 Å². The molecule has 2 aromatic rings. The third kappa shape index (κ3) is 4.86. The Morgan fingerprint density at radius 2 is 1.64 bits per heavy atom. The van der Waals surface area contributed by atoms with Crippen LogP contribution in [-0.4, -0.2) is 21.1 Å². The lowest BCUT2D eigenvalue weighted by Gasteiger charge is -2.10. The molecule has 0 heterocycles. The second-order valence-corrected chi connectivity index (χ2v) is 7.04. The van der Waals surface area contributed by atoms with E-state index < -0.39 is 10.0 Å². The van der Waals surface area contributed by atoms with Crippen LogP contribution >= 0.6 is 0 Å². The number of hydrogen-bond acceptors (Lipinski definition) is 3. The van der Waals surface area contributed by atoms with Gasteiger partial charge in [-0.1, -0.05) is 30.3 Å². The number of benzene rings is 2. The molecule has 2 aromatic carbocycles. The molecule has 0 unspecified atom stereocenters. The van der Waals surface area contributed by atoms with Crippen LogP contribution in [0.2, 0.25) is 0 Å². The Labute approximate surface area is 132 Å². The largest absolute Gasteiger partial charge is 0.491 e. The van der Waals surface area contributed by atoms with E-state index in [-0.39, 0.29) is 11.0 Å². The predicted molar refractivity (Wildman–Crippen MR) is 87.5 cm³/mol. The summed E-state index contributed by atoms with van der Waals surface area (Å²) in [4.78, 5) is 0.288. The molecule has 118 valence electrons. The maximum atomic E-state index is 12.1. The molecule has 0 aliphatic heterocycles. The van der Waals surface area contributed by atoms with E-state index in [2.05, 4.69) is 4.72 Å². The Morgan fingerprint density at radius 3 is 2.23 bits per heavy atom. The fourth-order valence-electron chi connectivity index (χ4n) is 2.02. The third-order valence-corrected chi connectivity index (χ3v) is 4.53. The highest BCUT2D eigenvalue weighted by molar-refractivity contribution is 7.89. The fraction of sp³-hybridized carbons (Fsp3) is 0.294. The van der Waals surface area contributed by atoms with E-state index in [1.807, 2.05) is 38.1 Å². The van der Waals surface area contributed by atoms with Crippen molar-refractivity contribution < 1.29 is 13.2 Å². The van der Waals surface area contributed by atoms with Crippen LogP contribution in [0.5, 0.6) is 5.75 Å². The second-order valence-electron chi connectivity index (χ2n) is 5.27. The van der Waals surface area contributed by atoms with Crippen LogP contribution in [0, 0.1) is 0 Å². The molecule has 0 aliphatic rings. The minimum atomic E-state index is -3.43. The van der Waals surface area contributed by atoms with Crippen LogP contribution in [0.15, 0.2) is 59.5 Å². The second kappa shape index (κ2) is 7.42. The molecule has 0 aromatic heterocycles. The van der Waals surface area contributed by atoms with Crippen LogP contribution in [0.3, 0.4) is 0 Å². The maximum absolute atomic E-state index is 12.1. The van der Waals surface area contributed by atoms with E-state index in [1.165, 1.54) is 0 Å². The first kappa shape index (κ1) is 16.5. The highest BCUT2D eigenvalue weighted by Gasteiger charge is 2.12. The first-order chi connectivity index (χ1) is 10.5. The van der Waals surface area contributed by atoms with E-state index in [0.717, 1.165) is 11.3 Å². The Bertz CT molecular complexity index is 680. The summed E-state index contributed by atoms with van der Waals surface area (Å²) in [5.41, 5.74) is 1.06. The molecule has 5 heteroatoms. The van der Waals surface area contributed by atoms with Gasteiger partial charge in [0.1, 0.15) is 5.75 Å². The number of sulfonamides is 1. The molecule has 0 saturated heterocycles. The van der Waals surface area contributed by atoms with Gasteiger partial charge in [0.25, 0.3) is 0 Å². The first-order valence-electron chi connectivity index (χ1n) is 7.28. The number of ether oxygens (including phenoxy) is 1. The molecule has 22 heavy (non-hydrogen) atoms. The summed E-state index contributed by atoms with van der Waals surface area (Å²) in [6.45, 7) is 4.32. The van der Waals surface area contributed by atoms with Gasteiger partial charge in [0.2, 0.25) is 10.0 Å². The Morgan fingerprint density at radius 1 is 1.00 bits per heavy atom. The lowest BCUT2D eigenvalue weighted by atomic mass is 10.1. The monoisotopic (exact) mass is 319 g/mol. The van der Waals surface area contributed by atoms with Gasteiger partial charge in [-0.05, 0) is 50.1 Å². The Hall–Kier alpha value is -1.85. The molecule has 0 fully saturated rings. The van der Waals surface area contributed by atoms with Crippen LogP contribution in [0.4, 0.5) is 0 Å². The minimum Gasteiger partial charge on any atom is -0.491 e. The van der Waals surface area contributed by atoms with Crippen LogP contribution in [0.1, 0.15) is 19.4 Å². The standard InChI is InChI=1S/C17H21NO3S/c1-14(2)21-16-10-8-15(9-11-16)12-13-18-22(19,20)17-6-4-3-5-7-17/h3-11,14,18H,12-13H2,1-2H3. The molecule has 0 spiro atoms. The molecular formula is C17H21NO3S. The summed E-state index contributed by atoms with van der Waals surface area (Å²) in [7, 11) is -3.43. The zero-order valence-corrected chi connectivity index (χ0v) is 13.6. The van der Waals surface area contributed by atoms with Crippen molar-refractivity contribution in [2.24, 2.45) is 0 Å². The van der Waals surface area contributed by atoms with E-state index in [1.54, 1.807) is 30.3 Å². The van der Waals surface area contributed by atoms with Gasteiger partial charge >= 0.3 is 0 Å². The topological polar surface area (TPSA) is 55.4 Å². The van der Waals surface area contributed by atoms with Gasteiger partial charge in [0.05, 0.1) is 11.0 Å². The summed E-state index contributed by atoms with van der Waals surface area (Å²) in [6.07, 6.45) is 0.775. The Balaban J connectivity index is 1.88. The molecule has 2 rings (SSSR count). The molecule has 0 bridgehead atoms. The molecule has 4 nitrogen and oxygen atoms in total. The summed E-state index contributed by atoms with van der Waals surface area (Å²) in [5, 5.41) is 0. The zero-order chi connectivity index (χ0) is 16.0. The number of hydrogen-bond donors (Lipinski definition) is 1. The van der Waals surface area contributed by atoms with E-state index >= 15 is 0 Å². The quantitative estimate of drug-likeness (QED) is 0.853. The SMILES string of the molecule is CC(C)Oc1ccc(CCNS(=O)(=O)c2ccccc2)cc1. The van der Waals surface area contributed by atoms with Crippen LogP contribution in [-0.2, 0) is 16.4 Å². The summed E-state index contributed by atoms with van der Waals surface area (Å²) in [6, 6.07) is 16.1. The normalized spacial score (nSPS) is 11.6. The molecule has 1 N–H and O–H groups in total. The predicted octanol–water partition coefficient (Wildman–Crippen LogP) is 2.99. The summed E-state index contributed by atoms with van der Waals surface area (Å²) < 4.78 is 32.3. The first-order valence-corrected chi connectivity index (χ1v) is 8.76. The van der Waals surface area contributed by atoms with Crippen molar-refractivity contribution in [3.63, 3.8) is 0 Å². The molecular weight excluding hydrogens is 298 g/mol. The van der Waals surface area contributed by atoms with Crippen LogP contribution in [0.25, 0.3) is 0 Å². The smallest absolute Gasteiger partial charge is 0.240 e. The number of rotatable bonds is 7. The van der Waals surface area contributed by atoms with Crippen molar-refractivity contribution in [3.8, 4) is 5.75 Å². The summed E-state index contributed by atoms with van der Waals surface area (Å²) in [5.74, 6) is 0.823. The fourth-order valence-corrected chi connectivity index (χ4v) is 3.07. The van der Waals surface area contributed by atoms with Crippen molar-refractivity contribution >= 4 is 10.0 Å². The minimum absolute atomic E-state index is 0.142. The van der Waals surface area contributed by atoms with Gasteiger partial charge in [-0.2, -0.15) is 0 Å². The lowest BCUT2D eigenvalue weighted by Crippen LogP contribution is -2.25. The van der Waals surface area contributed by atoms with Gasteiger partial charge in [-0.3, -0.25) is 0 Å². The molecule has 0 saturated carbocycles. The number of nitrogens with one attached hydrogen (secondary N) is 1. The zero-order valence-electron chi connectivity index (χ0n) is 12.8. The van der Waals surface area contributed by atoms with E-state index in [9.17, 15) is 8.42 Å². The Kier molecular flexibility index (Phi) is 5.57. The van der Waals surface area contributed by atoms with Crippen molar-refractivity contribution in [1.29, 1.82) is 0 Å². The maximum Gasteiger partial charge on any atom is 0.240 e. The molecule has 0 aliphatic carbocycles. The van der Waals surface area contributed by atoms with E-state index in [0.29, 0.717) is 13.0 Å². The highest BCUT2D eigenvalue weighted by Crippen LogP contribution is 2.14. The average Bonchev–Trinajstić information content (AvgIpc) is 2.49. The van der Waals surface area contributed by atoms with E-state index in [4.69, 9.17) is 4.74 Å². The molecule has 0 radical (unpaired) electrons.